The van der Waals surface area contributed by atoms with Gasteiger partial charge in [-0.25, -0.2) is 0 Å². The van der Waals surface area contributed by atoms with Gasteiger partial charge in [0.15, 0.2) is 4.46 Å². The second-order valence-electron chi connectivity index (χ2n) is 2.36. The van der Waals surface area contributed by atoms with Crippen LogP contribution in [0.5, 0.6) is 0 Å². The summed E-state index contributed by atoms with van der Waals surface area (Å²) in [5.41, 5.74) is 5.27. The SMILES string of the molecule is CC(C)CC(N)(Cl)Cl. The second-order valence-corrected chi connectivity index (χ2v) is 3.90. The molecule has 0 aromatic rings. The van der Waals surface area contributed by atoms with E-state index in [-0.39, 0.29) is 0 Å². The van der Waals surface area contributed by atoms with Gasteiger partial charge in [0.05, 0.1) is 0 Å². The third-order valence-corrected chi connectivity index (χ3v) is 0.989. The molecule has 0 amide bonds. The minimum absolute atomic E-state index is 0.454. The zero-order valence-corrected chi connectivity index (χ0v) is 6.63. The molecule has 0 fully saturated rings. The summed E-state index contributed by atoms with van der Waals surface area (Å²) < 4.78 is -1.03. The monoisotopic (exact) mass is 155 g/mol. The number of hydrogen-bond donors (Lipinski definition) is 1. The summed E-state index contributed by atoms with van der Waals surface area (Å²) in [6.45, 7) is 4.04. The molecule has 0 spiro atoms. The minimum Gasteiger partial charge on any atom is -0.300 e. The maximum absolute atomic E-state index is 5.47. The molecule has 0 aromatic heterocycles. The van der Waals surface area contributed by atoms with Crippen LogP contribution in [-0.4, -0.2) is 4.46 Å². The molecular weight excluding hydrogens is 145 g/mol. The number of hydrogen-bond acceptors (Lipinski definition) is 1. The van der Waals surface area contributed by atoms with Crippen LogP contribution in [0.4, 0.5) is 0 Å². The molecule has 0 aliphatic heterocycles. The maximum atomic E-state index is 5.47. The smallest absolute Gasteiger partial charge is 0.166 e. The van der Waals surface area contributed by atoms with Crippen molar-refractivity contribution < 1.29 is 0 Å². The van der Waals surface area contributed by atoms with Crippen molar-refractivity contribution in [3.63, 3.8) is 0 Å². The predicted molar refractivity (Wildman–Crippen MR) is 38.1 cm³/mol. The molecule has 3 heteroatoms. The van der Waals surface area contributed by atoms with Crippen LogP contribution >= 0.6 is 23.2 Å². The van der Waals surface area contributed by atoms with Crippen molar-refractivity contribution in [2.75, 3.05) is 0 Å². The van der Waals surface area contributed by atoms with Gasteiger partial charge in [-0.2, -0.15) is 0 Å². The third kappa shape index (κ3) is 6.54. The fourth-order valence-corrected chi connectivity index (χ4v) is 1.16. The van der Waals surface area contributed by atoms with Crippen molar-refractivity contribution in [2.24, 2.45) is 11.7 Å². The summed E-state index contributed by atoms with van der Waals surface area (Å²) in [5.74, 6) is 0.454. The van der Waals surface area contributed by atoms with Gasteiger partial charge in [0, 0.05) is 0 Å². The summed E-state index contributed by atoms with van der Waals surface area (Å²) in [4.78, 5) is 0. The van der Waals surface area contributed by atoms with Crippen LogP contribution in [0.2, 0.25) is 0 Å². The van der Waals surface area contributed by atoms with Crippen LogP contribution < -0.4 is 5.73 Å². The van der Waals surface area contributed by atoms with E-state index in [2.05, 4.69) is 0 Å². The molecule has 0 saturated carbocycles. The zero-order valence-electron chi connectivity index (χ0n) is 5.12. The lowest BCUT2D eigenvalue weighted by Gasteiger charge is -2.14. The van der Waals surface area contributed by atoms with Crippen molar-refractivity contribution in [3.05, 3.63) is 0 Å². The van der Waals surface area contributed by atoms with Gasteiger partial charge < -0.3 is 5.73 Å². The average Bonchev–Trinajstić information content (AvgIpc) is 1.21. The van der Waals surface area contributed by atoms with Gasteiger partial charge in [0.1, 0.15) is 0 Å². The Hall–Kier alpha value is 0.540. The Labute approximate surface area is 60.1 Å². The van der Waals surface area contributed by atoms with Crippen LogP contribution in [0.1, 0.15) is 20.3 Å². The average molecular weight is 156 g/mol. The van der Waals surface area contributed by atoms with Crippen LogP contribution in [0.15, 0.2) is 0 Å². The topological polar surface area (TPSA) is 26.0 Å². The second kappa shape index (κ2) is 2.90. The molecule has 0 saturated heterocycles. The number of halogens is 2. The predicted octanol–water partition coefficient (Wildman–Crippen LogP) is 2.12. The van der Waals surface area contributed by atoms with Gasteiger partial charge in [-0.15, -0.1) is 0 Å². The lowest BCUT2D eigenvalue weighted by atomic mass is 10.1. The van der Waals surface area contributed by atoms with Crippen molar-refractivity contribution in [3.8, 4) is 0 Å². The summed E-state index contributed by atoms with van der Waals surface area (Å²) in [6, 6.07) is 0. The van der Waals surface area contributed by atoms with Crippen molar-refractivity contribution in [1.82, 2.24) is 0 Å². The molecule has 0 atom stereocenters. The number of nitrogens with two attached hydrogens (primary N) is 1. The largest absolute Gasteiger partial charge is 0.300 e. The molecule has 50 valence electrons. The lowest BCUT2D eigenvalue weighted by Crippen LogP contribution is -2.27. The Morgan fingerprint density at radius 3 is 1.88 bits per heavy atom. The molecule has 0 bridgehead atoms. The first-order chi connectivity index (χ1) is 3.42. The minimum atomic E-state index is -1.03. The summed E-state index contributed by atoms with van der Waals surface area (Å²) in [6.07, 6.45) is 0.635. The molecule has 0 rings (SSSR count). The van der Waals surface area contributed by atoms with E-state index in [9.17, 15) is 0 Å². The van der Waals surface area contributed by atoms with Crippen molar-refractivity contribution in [1.29, 1.82) is 0 Å². The first kappa shape index (κ1) is 8.54. The van der Waals surface area contributed by atoms with Crippen LogP contribution in [0, 0.1) is 5.92 Å². The highest BCUT2D eigenvalue weighted by Gasteiger charge is 2.17. The van der Waals surface area contributed by atoms with E-state index in [1.165, 1.54) is 0 Å². The molecule has 0 radical (unpaired) electrons. The summed E-state index contributed by atoms with van der Waals surface area (Å²) >= 11 is 10.9. The number of rotatable bonds is 2. The highest BCUT2D eigenvalue weighted by atomic mass is 35.5. The van der Waals surface area contributed by atoms with E-state index < -0.39 is 4.46 Å². The standard InChI is InChI=1S/C5H11Cl2N/c1-4(2)3-5(6,7)8/h4H,3,8H2,1-2H3. The first-order valence-corrected chi connectivity index (χ1v) is 3.34. The fourth-order valence-electron chi connectivity index (χ4n) is 0.544. The van der Waals surface area contributed by atoms with Gasteiger partial charge in [-0.3, -0.25) is 0 Å². The molecule has 1 nitrogen and oxygen atoms in total. The van der Waals surface area contributed by atoms with Gasteiger partial charge in [-0.05, 0) is 12.3 Å². The molecule has 0 heterocycles. The molecule has 2 N–H and O–H groups in total. The molecule has 8 heavy (non-hydrogen) atoms. The molecule has 0 unspecified atom stereocenters. The lowest BCUT2D eigenvalue weighted by molar-refractivity contribution is 0.543. The Balaban J connectivity index is 3.39. The van der Waals surface area contributed by atoms with E-state index in [1.54, 1.807) is 0 Å². The van der Waals surface area contributed by atoms with Crippen molar-refractivity contribution >= 4 is 23.2 Å². The van der Waals surface area contributed by atoms with Gasteiger partial charge >= 0.3 is 0 Å². The molecule has 0 aromatic carbocycles. The van der Waals surface area contributed by atoms with Gasteiger partial charge in [0.2, 0.25) is 0 Å². The van der Waals surface area contributed by atoms with Crippen LogP contribution in [0.25, 0.3) is 0 Å². The van der Waals surface area contributed by atoms with Crippen molar-refractivity contribution in [2.45, 2.75) is 24.7 Å². The highest BCUT2D eigenvalue weighted by Crippen LogP contribution is 2.21. The Kier molecular flexibility index (Phi) is 3.10. The normalized spacial score (nSPS) is 12.8. The number of alkyl halides is 2. The Morgan fingerprint density at radius 2 is 1.88 bits per heavy atom. The van der Waals surface area contributed by atoms with Crippen LogP contribution in [0.3, 0.4) is 0 Å². The summed E-state index contributed by atoms with van der Waals surface area (Å²) in [7, 11) is 0. The maximum Gasteiger partial charge on any atom is 0.166 e. The first-order valence-electron chi connectivity index (χ1n) is 2.58. The third-order valence-electron chi connectivity index (χ3n) is 0.680. The van der Waals surface area contributed by atoms with E-state index in [0.717, 1.165) is 0 Å². The van der Waals surface area contributed by atoms with Crippen LogP contribution in [-0.2, 0) is 0 Å². The molecule has 0 aliphatic rings. The quantitative estimate of drug-likeness (QED) is 0.481. The molecule has 0 aliphatic carbocycles. The van der Waals surface area contributed by atoms with Gasteiger partial charge in [0.25, 0.3) is 0 Å². The molecular formula is C5H11Cl2N. The highest BCUT2D eigenvalue weighted by molar-refractivity contribution is 6.47. The zero-order chi connectivity index (χ0) is 6.78. The Bertz CT molecular complexity index is 65.3. The van der Waals surface area contributed by atoms with E-state index in [4.69, 9.17) is 28.9 Å². The Morgan fingerprint density at radius 1 is 1.50 bits per heavy atom. The fraction of sp³-hybridized carbons (Fsp3) is 1.00. The van der Waals surface area contributed by atoms with Gasteiger partial charge in [-0.1, -0.05) is 37.0 Å². The summed E-state index contributed by atoms with van der Waals surface area (Å²) in [5, 5.41) is 0. The van der Waals surface area contributed by atoms with E-state index >= 15 is 0 Å². The van der Waals surface area contributed by atoms with E-state index in [1.807, 2.05) is 13.8 Å². The van der Waals surface area contributed by atoms with E-state index in [0.29, 0.717) is 12.3 Å².